The summed E-state index contributed by atoms with van der Waals surface area (Å²) in [6.45, 7) is 0. The molecule has 0 bridgehead atoms. The van der Waals surface area contributed by atoms with Crippen LogP contribution < -0.4 is 0 Å². The predicted molar refractivity (Wildman–Crippen MR) is 31.3 cm³/mol. The summed E-state index contributed by atoms with van der Waals surface area (Å²) in [7, 11) is 0. The van der Waals surface area contributed by atoms with E-state index in [9.17, 15) is 4.79 Å². The lowest BCUT2D eigenvalue weighted by Gasteiger charge is -2.06. The first-order valence-electron chi connectivity index (χ1n) is 2.66. The molecular formula is C5H7ClO3. The first-order valence-corrected chi connectivity index (χ1v) is 3.09. The molecule has 3 nitrogen and oxygen atoms in total. The zero-order chi connectivity index (χ0) is 7.02. The normalized spacial score (nSPS) is 43.9. The van der Waals surface area contributed by atoms with Crippen molar-refractivity contribution in [3.8, 4) is 0 Å². The quantitative estimate of drug-likeness (QED) is 0.449. The van der Waals surface area contributed by atoms with E-state index >= 15 is 0 Å². The molecule has 0 heterocycles. The summed E-state index contributed by atoms with van der Waals surface area (Å²) < 4.78 is 0. The van der Waals surface area contributed by atoms with Crippen LogP contribution in [0.15, 0.2) is 0 Å². The smallest absolute Gasteiger partial charge is 0.156 e. The van der Waals surface area contributed by atoms with Crippen molar-refractivity contribution in [2.45, 2.75) is 24.0 Å². The maximum Gasteiger partial charge on any atom is 0.156 e. The van der Waals surface area contributed by atoms with Gasteiger partial charge in [-0.15, -0.1) is 11.6 Å². The number of Topliss-reactive ketones (excluding diaryl/α,β-unsaturated/α-hetero) is 1. The number of alkyl halides is 1. The van der Waals surface area contributed by atoms with Gasteiger partial charge in [0.05, 0.1) is 6.10 Å². The van der Waals surface area contributed by atoms with Crippen LogP contribution in [0.1, 0.15) is 6.42 Å². The maximum atomic E-state index is 10.5. The maximum absolute atomic E-state index is 10.5. The van der Waals surface area contributed by atoms with E-state index < -0.39 is 17.6 Å². The molecule has 0 aliphatic heterocycles. The van der Waals surface area contributed by atoms with E-state index in [-0.39, 0.29) is 12.2 Å². The number of aliphatic hydroxyl groups excluding tert-OH is 2. The van der Waals surface area contributed by atoms with Gasteiger partial charge >= 0.3 is 0 Å². The number of ketones is 1. The lowest BCUT2D eigenvalue weighted by Crippen LogP contribution is -2.26. The number of halogens is 1. The molecule has 0 aromatic rings. The second kappa shape index (κ2) is 2.25. The fraction of sp³-hybridized carbons (Fsp3) is 0.800. The molecule has 0 saturated heterocycles. The summed E-state index contributed by atoms with van der Waals surface area (Å²) in [5, 5.41) is 16.7. The fourth-order valence-corrected chi connectivity index (χ4v) is 1.08. The molecule has 1 aliphatic rings. The fourth-order valence-electron chi connectivity index (χ4n) is 0.825. The summed E-state index contributed by atoms with van der Waals surface area (Å²) in [6.07, 6.45) is -2.05. The Balaban J connectivity index is 2.65. The molecule has 0 aromatic carbocycles. The minimum Gasteiger partial charge on any atom is -0.390 e. The van der Waals surface area contributed by atoms with Gasteiger partial charge in [0.15, 0.2) is 5.78 Å². The molecule has 1 aliphatic carbocycles. The third-order valence-corrected chi connectivity index (χ3v) is 1.91. The lowest BCUT2D eigenvalue weighted by atomic mass is 10.3. The minimum atomic E-state index is -1.07. The van der Waals surface area contributed by atoms with Gasteiger partial charge in [-0.05, 0) is 0 Å². The third kappa shape index (κ3) is 1.08. The monoisotopic (exact) mass is 150 g/mol. The SMILES string of the molecule is O=C1CC(O)C(O)C1Cl. The number of rotatable bonds is 0. The topological polar surface area (TPSA) is 57.5 Å². The highest BCUT2D eigenvalue weighted by Crippen LogP contribution is 2.20. The van der Waals surface area contributed by atoms with Crippen molar-refractivity contribution < 1.29 is 15.0 Å². The van der Waals surface area contributed by atoms with E-state index in [4.69, 9.17) is 21.8 Å². The molecule has 4 heteroatoms. The van der Waals surface area contributed by atoms with Gasteiger partial charge in [0, 0.05) is 6.42 Å². The summed E-state index contributed by atoms with van der Waals surface area (Å²) in [5.41, 5.74) is 0. The van der Waals surface area contributed by atoms with Crippen molar-refractivity contribution in [3.05, 3.63) is 0 Å². The zero-order valence-corrected chi connectivity index (χ0v) is 5.38. The van der Waals surface area contributed by atoms with Crippen LogP contribution in [0, 0.1) is 0 Å². The standard InChI is InChI=1S/C5H7ClO3/c6-4-2(7)1-3(8)5(4)9/h3-5,8-9H,1H2. The Morgan fingerprint density at radius 3 is 2.22 bits per heavy atom. The first-order chi connectivity index (χ1) is 4.13. The van der Waals surface area contributed by atoms with Crippen LogP contribution >= 0.6 is 11.6 Å². The third-order valence-electron chi connectivity index (χ3n) is 1.41. The Hall–Kier alpha value is -0.120. The van der Waals surface area contributed by atoms with Crippen LogP contribution in [-0.4, -0.2) is 33.6 Å². The predicted octanol–water partition coefficient (Wildman–Crippen LogP) is -0.712. The van der Waals surface area contributed by atoms with Crippen molar-refractivity contribution in [1.82, 2.24) is 0 Å². The van der Waals surface area contributed by atoms with Crippen LogP contribution in [0.2, 0.25) is 0 Å². The van der Waals surface area contributed by atoms with E-state index in [0.717, 1.165) is 0 Å². The zero-order valence-electron chi connectivity index (χ0n) is 4.62. The highest BCUT2D eigenvalue weighted by atomic mass is 35.5. The molecule has 52 valence electrons. The molecule has 1 saturated carbocycles. The van der Waals surface area contributed by atoms with Crippen molar-refractivity contribution in [2.75, 3.05) is 0 Å². The van der Waals surface area contributed by atoms with Gasteiger partial charge in [-0.1, -0.05) is 0 Å². The molecular weight excluding hydrogens is 144 g/mol. The average molecular weight is 151 g/mol. The van der Waals surface area contributed by atoms with Crippen LogP contribution in [0.4, 0.5) is 0 Å². The van der Waals surface area contributed by atoms with E-state index in [1.54, 1.807) is 0 Å². The molecule has 0 amide bonds. The Labute approximate surface area is 57.2 Å². The molecule has 9 heavy (non-hydrogen) atoms. The van der Waals surface area contributed by atoms with Crippen LogP contribution in [-0.2, 0) is 4.79 Å². The van der Waals surface area contributed by atoms with E-state index in [1.165, 1.54) is 0 Å². The number of hydrogen-bond donors (Lipinski definition) is 2. The molecule has 0 spiro atoms. The molecule has 3 unspecified atom stereocenters. The van der Waals surface area contributed by atoms with Gasteiger partial charge in [-0.3, -0.25) is 4.79 Å². The van der Waals surface area contributed by atoms with Crippen molar-refractivity contribution in [1.29, 1.82) is 0 Å². The largest absolute Gasteiger partial charge is 0.390 e. The number of hydrogen-bond acceptors (Lipinski definition) is 3. The summed E-state index contributed by atoms with van der Waals surface area (Å²) >= 11 is 5.35. The molecule has 0 aromatic heterocycles. The van der Waals surface area contributed by atoms with Gasteiger partial charge in [0.2, 0.25) is 0 Å². The highest BCUT2D eigenvalue weighted by molar-refractivity contribution is 6.32. The first kappa shape index (κ1) is 6.99. The van der Waals surface area contributed by atoms with Gasteiger partial charge in [-0.25, -0.2) is 0 Å². The van der Waals surface area contributed by atoms with Gasteiger partial charge in [-0.2, -0.15) is 0 Å². The Kier molecular flexibility index (Phi) is 1.75. The molecule has 0 radical (unpaired) electrons. The van der Waals surface area contributed by atoms with Crippen molar-refractivity contribution in [2.24, 2.45) is 0 Å². The Morgan fingerprint density at radius 2 is 2.11 bits per heavy atom. The lowest BCUT2D eigenvalue weighted by molar-refractivity contribution is -0.117. The van der Waals surface area contributed by atoms with Crippen LogP contribution in [0.3, 0.4) is 0 Å². The van der Waals surface area contributed by atoms with Crippen molar-refractivity contribution in [3.63, 3.8) is 0 Å². The van der Waals surface area contributed by atoms with Crippen LogP contribution in [0.25, 0.3) is 0 Å². The van der Waals surface area contributed by atoms with Gasteiger partial charge in [0.1, 0.15) is 11.5 Å². The molecule has 2 N–H and O–H groups in total. The number of carbonyl (C=O) groups excluding carboxylic acids is 1. The summed E-state index contributed by atoms with van der Waals surface area (Å²) in [5.74, 6) is -0.281. The average Bonchev–Trinajstić information content (AvgIpc) is 1.98. The van der Waals surface area contributed by atoms with Crippen molar-refractivity contribution >= 4 is 17.4 Å². The van der Waals surface area contributed by atoms with Crippen LogP contribution in [0.5, 0.6) is 0 Å². The number of carbonyl (C=O) groups is 1. The second-order valence-corrected chi connectivity index (χ2v) is 2.60. The van der Waals surface area contributed by atoms with E-state index in [0.29, 0.717) is 0 Å². The molecule has 1 fully saturated rings. The summed E-state index contributed by atoms with van der Waals surface area (Å²) in [6, 6.07) is 0. The Bertz CT molecular complexity index is 136. The van der Waals surface area contributed by atoms with Gasteiger partial charge in [0.25, 0.3) is 0 Å². The Morgan fingerprint density at radius 1 is 1.56 bits per heavy atom. The minimum absolute atomic E-state index is 0.0185. The van der Waals surface area contributed by atoms with E-state index in [1.807, 2.05) is 0 Å². The van der Waals surface area contributed by atoms with Gasteiger partial charge < -0.3 is 10.2 Å². The highest BCUT2D eigenvalue weighted by Gasteiger charge is 2.38. The van der Waals surface area contributed by atoms with E-state index in [2.05, 4.69) is 0 Å². The number of aliphatic hydroxyl groups is 2. The molecule has 3 atom stereocenters. The summed E-state index contributed by atoms with van der Waals surface area (Å²) in [4.78, 5) is 10.5. The second-order valence-electron chi connectivity index (χ2n) is 2.13. The molecule has 1 rings (SSSR count).